The van der Waals surface area contributed by atoms with Gasteiger partial charge >= 0.3 is 18.5 Å². The maximum Gasteiger partial charge on any atom is 0.433 e. The van der Waals surface area contributed by atoms with Crippen LogP contribution in [0.5, 0.6) is 5.88 Å². The molecule has 0 spiro atoms. The van der Waals surface area contributed by atoms with Gasteiger partial charge in [-0.2, -0.15) is 39.5 Å². The normalized spacial score (nSPS) is 13.3. The van der Waals surface area contributed by atoms with Crippen molar-refractivity contribution >= 4 is 17.3 Å². The number of benzene rings is 2. The highest BCUT2D eigenvalue weighted by molar-refractivity contribution is 6.33. The van der Waals surface area contributed by atoms with Crippen molar-refractivity contribution in [2.45, 2.75) is 25.1 Å². The highest BCUT2D eigenvalue weighted by Crippen LogP contribution is 2.43. The number of rotatable bonds is 4. The molecule has 15 heteroatoms. The number of nitrogens with zero attached hydrogens (tertiary/aromatic N) is 3. The van der Waals surface area contributed by atoms with Gasteiger partial charge in [-0.15, -0.1) is 0 Å². The Bertz CT molecular complexity index is 1330. The number of hydrogen-bond acceptors (Lipinski definition) is 3. The zero-order valence-corrected chi connectivity index (χ0v) is 18.4. The third-order valence-corrected chi connectivity index (χ3v) is 5.05. The molecule has 1 aromatic heterocycles. The van der Waals surface area contributed by atoms with Gasteiger partial charge in [-0.3, -0.25) is 4.57 Å². The van der Waals surface area contributed by atoms with E-state index in [-0.39, 0.29) is 17.7 Å². The summed E-state index contributed by atoms with van der Waals surface area (Å²) in [5.41, 5.74) is -7.12. The van der Waals surface area contributed by atoms with Crippen LogP contribution in [-0.2, 0) is 25.1 Å². The minimum Gasteiger partial charge on any atom is -0.482 e. The molecule has 0 aliphatic heterocycles. The van der Waals surface area contributed by atoms with Crippen LogP contribution in [0.3, 0.4) is 0 Å². The highest BCUT2D eigenvalue weighted by Gasteiger charge is 2.39. The van der Waals surface area contributed by atoms with E-state index in [1.807, 2.05) is 0 Å². The van der Waals surface area contributed by atoms with Gasteiger partial charge in [-0.1, -0.05) is 23.7 Å². The fraction of sp³-hybridized carbons (Fsp3) is 0.238. The molecule has 0 amide bonds. The van der Waals surface area contributed by atoms with E-state index >= 15 is 0 Å². The van der Waals surface area contributed by atoms with Crippen molar-refractivity contribution in [1.29, 1.82) is 0 Å². The van der Waals surface area contributed by atoms with Gasteiger partial charge in [0.15, 0.2) is 11.6 Å². The zero-order valence-electron chi connectivity index (χ0n) is 17.7. The first-order chi connectivity index (χ1) is 16.5. The van der Waals surface area contributed by atoms with Crippen molar-refractivity contribution in [3.63, 3.8) is 0 Å². The lowest BCUT2D eigenvalue weighted by Gasteiger charge is -2.17. The fourth-order valence-electron chi connectivity index (χ4n) is 2.98. The standard InChI is InChI=1S/C21H12ClF10N3O/c1-36-16-8-15(21(30,31)32)34-18(35(16)9-10-2-4-12(23)5-3-10)33-14-7-11(19(24,25)26)6-13(17(14)22)20(27,28)29/h2-8H,9H2,1H3. The third-order valence-electron chi connectivity index (χ3n) is 4.65. The predicted molar refractivity (Wildman–Crippen MR) is 106 cm³/mol. The van der Waals surface area contributed by atoms with E-state index in [9.17, 15) is 43.9 Å². The second-order valence-corrected chi connectivity index (χ2v) is 7.54. The van der Waals surface area contributed by atoms with E-state index in [2.05, 4.69) is 9.98 Å². The van der Waals surface area contributed by atoms with Crippen LogP contribution in [0.1, 0.15) is 22.4 Å². The third kappa shape index (κ3) is 6.09. The van der Waals surface area contributed by atoms with E-state index in [1.54, 1.807) is 0 Å². The lowest BCUT2D eigenvalue weighted by molar-refractivity contribution is -0.143. The van der Waals surface area contributed by atoms with Gasteiger partial charge in [0.1, 0.15) is 5.82 Å². The Morgan fingerprint density at radius 3 is 2.00 bits per heavy atom. The van der Waals surface area contributed by atoms with Crippen molar-refractivity contribution in [2.24, 2.45) is 4.99 Å². The molecule has 3 rings (SSSR count). The number of alkyl halides is 9. The molecule has 0 saturated heterocycles. The van der Waals surface area contributed by atoms with E-state index in [1.165, 1.54) is 12.1 Å². The molecule has 36 heavy (non-hydrogen) atoms. The Labute approximate surface area is 200 Å². The quantitative estimate of drug-likeness (QED) is 0.329. The maximum absolute atomic E-state index is 13.4. The summed E-state index contributed by atoms with van der Waals surface area (Å²) in [5.74, 6) is -1.18. The first kappa shape index (κ1) is 27.3. The number of aromatic nitrogens is 2. The number of halogens is 11. The van der Waals surface area contributed by atoms with Gasteiger partial charge in [0.25, 0.3) is 0 Å². The summed E-state index contributed by atoms with van der Waals surface area (Å²) < 4.78 is 139. The molecule has 0 bridgehead atoms. The Balaban J connectivity index is 2.39. The number of methoxy groups -OCH3 is 1. The van der Waals surface area contributed by atoms with Crippen LogP contribution in [0.4, 0.5) is 49.6 Å². The second kappa shape index (κ2) is 9.64. The summed E-state index contributed by atoms with van der Waals surface area (Å²) in [5, 5.41) is -1.29. The molecule has 0 N–H and O–H groups in total. The molecule has 0 aliphatic carbocycles. The summed E-state index contributed by atoms with van der Waals surface area (Å²) in [6.45, 7) is -0.393. The minimum atomic E-state index is -5.34. The molecule has 0 atom stereocenters. The van der Waals surface area contributed by atoms with Crippen molar-refractivity contribution in [3.05, 3.63) is 81.3 Å². The smallest absolute Gasteiger partial charge is 0.433 e. The number of ether oxygens (including phenoxy) is 1. The molecule has 1 heterocycles. The first-order valence-electron chi connectivity index (χ1n) is 9.51. The molecule has 0 aliphatic rings. The first-order valence-corrected chi connectivity index (χ1v) is 9.88. The van der Waals surface area contributed by atoms with Gasteiger partial charge in [0.2, 0.25) is 5.62 Å². The largest absolute Gasteiger partial charge is 0.482 e. The number of hydrogen-bond donors (Lipinski definition) is 0. The van der Waals surface area contributed by atoms with Crippen LogP contribution in [0.2, 0.25) is 5.02 Å². The fourth-order valence-corrected chi connectivity index (χ4v) is 3.24. The van der Waals surface area contributed by atoms with Crippen LogP contribution in [-0.4, -0.2) is 16.7 Å². The average Bonchev–Trinajstić information content (AvgIpc) is 2.75. The molecule has 0 saturated carbocycles. The molecule has 4 nitrogen and oxygen atoms in total. The molecule has 3 aromatic rings. The van der Waals surface area contributed by atoms with Crippen molar-refractivity contribution in [2.75, 3.05) is 7.11 Å². The Hall–Kier alpha value is -3.29. The Morgan fingerprint density at radius 1 is 0.889 bits per heavy atom. The van der Waals surface area contributed by atoms with Gasteiger partial charge in [-0.25, -0.2) is 14.4 Å². The molecule has 0 fully saturated rings. The van der Waals surface area contributed by atoms with E-state index in [0.29, 0.717) is 6.07 Å². The van der Waals surface area contributed by atoms with Gasteiger partial charge in [0.05, 0.1) is 35.5 Å². The molecular weight excluding hydrogens is 536 g/mol. The van der Waals surface area contributed by atoms with Crippen LogP contribution < -0.4 is 10.4 Å². The summed E-state index contributed by atoms with van der Waals surface area (Å²) in [6, 6.07) is 4.89. The van der Waals surface area contributed by atoms with E-state index in [4.69, 9.17) is 16.3 Å². The van der Waals surface area contributed by atoms with Crippen molar-refractivity contribution < 1.29 is 48.6 Å². The van der Waals surface area contributed by atoms with Gasteiger partial charge < -0.3 is 4.74 Å². The van der Waals surface area contributed by atoms with Crippen LogP contribution in [0.15, 0.2) is 47.5 Å². The zero-order chi connectivity index (χ0) is 27.1. The molecule has 194 valence electrons. The second-order valence-electron chi connectivity index (χ2n) is 7.16. The van der Waals surface area contributed by atoms with E-state index in [0.717, 1.165) is 23.8 Å². The summed E-state index contributed by atoms with van der Waals surface area (Å²) in [4.78, 5) is 6.83. The van der Waals surface area contributed by atoms with Crippen molar-refractivity contribution in [1.82, 2.24) is 9.55 Å². The van der Waals surface area contributed by atoms with Crippen LogP contribution in [0, 0.1) is 5.82 Å². The van der Waals surface area contributed by atoms with Crippen LogP contribution in [0.25, 0.3) is 0 Å². The van der Waals surface area contributed by atoms with E-state index < -0.39 is 69.9 Å². The minimum absolute atomic E-state index is 0.147. The van der Waals surface area contributed by atoms with Crippen LogP contribution >= 0.6 is 11.6 Å². The van der Waals surface area contributed by atoms with Gasteiger partial charge in [0, 0.05) is 6.07 Å². The van der Waals surface area contributed by atoms with Crippen molar-refractivity contribution in [3.8, 4) is 5.88 Å². The molecule has 0 radical (unpaired) electrons. The maximum atomic E-state index is 13.4. The molecular formula is C21H12ClF10N3O. The lowest BCUT2D eigenvalue weighted by atomic mass is 10.1. The topological polar surface area (TPSA) is 39.4 Å². The molecule has 2 aromatic carbocycles. The average molecular weight is 548 g/mol. The summed E-state index contributed by atoms with van der Waals surface area (Å²) in [6.07, 6.45) is -15.7. The highest BCUT2D eigenvalue weighted by atomic mass is 35.5. The van der Waals surface area contributed by atoms with Gasteiger partial charge in [-0.05, 0) is 29.8 Å². The Kier molecular flexibility index (Phi) is 7.31. The monoisotopic (exact) mass is 547 g/mol. The summed E-state index contributed by atoms with van der Waals surface area (Å²) >= 11 is 5.69. The lowest BCUT2D eigenvalue weighted by Crippen LogP contribution is -2.29. The summed E-state index contributed by atoms with van der Waals surface area (Å²) in [7, 11) is 0.972. The SMILES string of the molecule is COc1cc(C(F)(F)F)nc(=Nc2cc(C(F)(F)F)cc(C(F)(F)F)c2Cl)n1Cc1ccc(F)cc1. The predicted octanol–water partition coefficient (Wildman–Crippen LogP) is 7.02. The molecule has 0 unspecified atom stereocenters. The Morgan fingerprint density at radius 2 is 1.50 bits per heavy atom.